The van der Waals surface area contributed by atoms with Crippen molar-refractivity contribution in [2.45, 2.75) is 13.5 Å². The average molecular weight is 507 g/mol. The Morgan fingerprint density at radius 1 is 0.867 bits per heavy atom. The van der Waals surface area contributed by atoms with Crippen molar-refractivity contribution in [3.8, 4) is 11.5 Å². The Balaban J connectivity index is 1.60. The molecule has 150 valence electrons. The van der Waals surface area contributed by atoms with Crippen LogP contribution in [0.2, 0.25) is 0 Å². The summed E-state index contributed by atoms with van der Waals surface area (Å²) >= 11 is 2.30. The third kappa shape index (κ3) is 4.82. The zero-order chi connectivity index (χ0) is 20.8. The molecule has 0 unspecified atom stereocenters. The number of nitrogens with zero attached hydrogens (tertiary/aromatic N) is 1. The zero-order valence-electron chi connectivity index (χ0n) is 16.7. The molecule has 4 rings (SSSR count). The lowest BCUT2D eigenvalue weighted by molar-refractivity contribution is 0.268. The van der Waals surface area contributed by atoms with Gasteiger partial charge in [-0.2, -0.15) is 0 Å². The molecule has 0 saturated heterocycles. The maximum atomic E-state index is 6.26. The third-order valence-corrected chi connectivity index (χ3v) is 5.50. The van der Waals surface area contributed by atoms with Gasteiger partial charge in [0.05, 0.1) is 15.9 Å². The van der Waals surface area contributed by atoms with Crippen LogP contribution in [0.4, 0.5) is 5.69 Å². The molecular weight excluding hydrogens is 485 g/mol. The van der Waals surface area contributed by atoms with E-state index in [4.69, 9.17) is 9.47 Å². The fourth-order valence-corrected chi connectivity index (χ4v) is 4.08. The number of hydrogen-bond donors (Lipinski definition) is 0. The van der Waals surface area contributed by atoms with Crippen LogP contribution in [0.3, 0.4) is 0 Å². The molecule has 4 aromatic rings. The summed E-state index contributed by atoms with van der Waals surface area (Å²) in [7, 11) is 0. The van der Waals surface area contributed by atoms with Crippen LogP contribution in [0.25, 0.3) is 10.8 Å². The minimum absolute atomic E-state index is 0.481. The van der Waals surface area contributed by atoms with Gasteiger partial charge >= 0.3 is 0 Å². The Kier molecular flexibility index (Phi) is 6.64. The fraction of sp³-hybridized carbons (Fsp3) is 0.115. The first-order valence-corrected chi connectivity index (χ1v) is 11.0. The smallest absolute Gasteiger partial charge is 0.175 e. The quantitative estimate of drug-likeness (QED) is 0.196. The highest BCUT2D eigenvalue weighted by molar-refractivity contribution is 14.1. The summed E-state index contributed by atoms with van der Waals surface area (Å²) in [4.78, 5) is 4.55. The first-order chi connectivity index (χ1) is 14.7. The molecule has 0 bridgehead atoms. The van der Waals surface area contributed by atoms with E-state index in [1.54, 1.807) is 0 Å². The molecule has 0 aliphatic heterocycles. The van der Waals surface area contributed by atoms with Gasteiger partial charge in [-0.05, 0) is 75.7 Å². The van der Waals surface area contributed by atoms with E-state index in [-0.39, 0.29) is 0 Å². The van der Waals surface area contributed by atoms with E-state index in [0.29, 0.717) is 13.2 Å². The summed E-state index contributed by atoms with van der Waals surface area (Å²) in [6, 6.07) is 28.6. The number of ether oxygens (including phenoxy) is 2. The topological polar surface area (TPSA) is 30.8 Å². The van der Waals surface area contributed by atoms with E-state index in [9.17, 15) is 0 Å². The SMILES string of the molecule is CCOc1cc(C=Nc2ccccc2)cc(I)c1OCc1cccc2ccccc12. The van der Waals surface area contributed by atoms with Crippen molar-refractivity contribution >= 4 is 45.3 Å². The third-order valence-electron chi connectivity index (χ3n) is 4.70. The Bertz CT molecular complexity index is 1170. The van der Waals surface area contributed by atoms with Gasteiger partial charge in [-0.25, -0.2) is 0 Å². The van der Waals surface area contributed by atoms with Crippen molar-refractivity contribution in [1.29, 1.82) is 0 Å². The number of benzene rings is 4. The van der Waals surface area contributed by atoms with Gasteiger partial charge in [0, 0.05) is 6.21 Å². The summed E-state index contributed by atoms with van der Waals surface area (Å²) < 4.78 is 13.1. The van der Waals surface area contributed by atoms with E-state index in [1.165, 1.54) is 10.8 Å². The molecule has 0 radical (unpaired) electrons. The number of rotatable bonds is 7. The van der Waals surface area contributed by atoms with Crippen molar-refractivity contribution < 1.29 is 9.47 Å². The molecule has 4 aromatic carbocycles. The van der Waals surface area contributed by atoms with Crippen molar-refractivity contribution in [3.05, 3.63) is 99.6 Å². The van der Waals surface area contributed by atoms with Crippen molar-refractivity contribution in [1.82, 2.24) is 0 Å². The molecule has 0 fully saturated rings. The van der Waals surface area contributed by atoms with Crippen LogP contribution < -0.4 is 9.47 Å². The molecule has 0 spiro atoms. The number of halogens is 1. The van der Waals surface area contributed by atoms with Crippen LogP contribution in [0.5, 0.6) is 11.5 Å². The number of para-hydroxylation sites is 1. The predicted molar refractivity (Wildman–Crippen MR) is 132 cm³/mol. The highest BCUT2D eigenvalue weighted by Crippen LogP contribution is 2.35. The van der Waals surface area contributed by atoms with Crippen LogP contribution in [-0.4, -0.2) is 12.8 Å². The highest BCUT2D eigenvalue weighted by atomic mass is 127. The van der Waals surface area contributed by atoms with E-state index in [0.717, 1.165) is 31.9 Å². The van der Waals surface area contributed by atoms with Gasteiger partial charge < -0.3 is 9.47 Å². The van der Waals surface area contributed by atoms with Gasteiger partial charge in [-0.15, -0.1) is 0 Å². The lowest BCUT2D eigenvalue weighted by Crippen LogP contribution is -2.03. The monoisotopic (exact) mass is 507 g/mol. The van der Waals surface area contributed by atoms with Crippen molar-refractivity contribution in [2.75, 3.05) is 6.61 Å². The molecule has 4 heteroatoms. The Hall–Kier alpha value is -2.86. The van der Waals surface area contributed by atoms with Crippen molar-refractivity contribution in [2.24, 2.45) is 4.99 Å². The molecular formula is C26H22INO2. The summed E-state index contributed by atoms with van der Waals surface area (Å²) in [6.45, 7) is 3.03. The highest BCUT2D eigenvalue weighted by Gasteiger charge is 2.13. The number of hydrogen-bond acceptors (Lipinski definition) is 3. The maximum Gasteiger partial charge on any atom is 0.175 e. The minimum atomic E-state index is 0.481. The van der Waals surface area contributed by atoms with Gasteiger partial charge in [-0.3, -0.25) is 4.99 Å². The van der Waals surface area contributed by atoms with Crippen molar-refractivity contribution in [3.63, 3.8) is 0 Å². The molecule has 0 aliphatic carbocycles. The molecule has 0 saturated carbocycles. The van der Waals surface area contributed by atoms with Gasteiger partial charge in [0.2, 0.25) is 0 Å². The fourth-order valence-electron chi connectivity index (χ4n) is 3.30. The van der Waals surface area contributed by atoms with Crippen LogP contribution >= 0.6 is 22.6 Å². The largest absolute Gasteiger partial charge is 0.490 e. The Morgan fingerprint density at radius 3 is 2.47 bits per heavy atom. The molecule has 0 amide bonds. The van der Waals surface area contributed by atoms with Gasteiger partial charge in [0.25, 0.3) is 0 Å². The van der Waals surface area contributed by atoms with Crippen LogP contribution in [0.15, 0.2) is 89.9 Å². The second kappa shape index (κ2) is 9.76. The molecule has 0 atom stereocenters. The lowest BCUT2D eigenvalue weighted by atomic mass is 10.1. The van der Waals surface area contributed by atoms with E-state index in [2.05, 4.69) is 76.1 Å². The summed E-state index contributed by atoms with van der Waals surface area (Å²) in [5.41, 5.74) is 3.05. The van der Waals surface area contributed by atoms with E-state index in [1.807, 2.05) is 49.5 Å². The predicted octanol–water partition coefficient (Wildman–Crippen LogP) is 7.17. The normalized spacial score (nSPS) is 11.1. The van der Waals surface area contributed by atoms with Crippen LogP contribution in [-0.2, 0) is 6.61 Å². The van der Waals surface area contributed by atoms with Gasteiger partial charge in [0.1, 0.15) is 6.61 Å². The Labute approximate surface area is 190 Å². The summed E-state index contributed by atoms with van der Waals surface area (Å²) in [6.07, 6.45) is 1.86. The van der Waals surface area contributed by atoms with E-state index < -0.39 is 0 Å². The second-order valence-corrected chi connectivity index (χ2v) is 7.95. The standard InChI is InChI=1S/C26H22INO2/c1-2-29-25-16-19(17-28-22-12-4-3-5-13-22)15-24(27)26(25)30-18-21-11-8-10-20-9-6-7-14-23(20)21/h3-17H,2,18H2,1H3. The number of fused-ring (bicyclic) bond motifs is 1. The first-order valence-electron chi connectivity index (χ1n) is 9.89. The molecule has 0 heterocycles. The number of aliphatic imine (C=N–C) groups is 1. The second-order valence-electron chi connectivity index (χ2n) is 6.78. The van der Waals surface area contributed by atoms with Gasteiger partial charge in [-0.1, -0.05) is 60.7 Å². The molecule has 0 aliphatic rings. The molecule has 3 nitrogen and oxygen atoms in total. The molecule has 30 heavy (non-hydrogen) atoms. The van der Waals surface area contributed by atoms with Gasteiger partial charge in [0.15, 0.2) is 11.5 Å². The summed E-state index contributed by atoms with van der Waals surface area (Å²) in [5.74, 6) is 1.50. The first kappa shape index (κ1) is 20.4. The lowest BCUT2D eigenvalue weighted by Gasteiger charge is -2.15. The van der Waals surface area contributed by atoms with Crippen LogP contribution in [0.1, 0.15) is 18.1 Å². The minimum Gasteiger partial charge on any atom is -0.490 e. The van der Waals surface area contributed by atoms with E-state index >= 15 is 0 Å². The molecule has 0 N–H and O–H groups in total. The van der Waals surface area contributed by atoms with Crippen LogP contribution in [0, 0.1) is 3.57 Å². The summed E-state index contributed by atoms with van der Waals surface area (Å²) in [5, 5.41) is 2.42. The zero-order valence-corrected chi connectivity index (χ0v) is 18.9. The Morgan fingerprint density at radius 2 is 1.63 bits per heavy atom. The average Bonchev–Trinajstić information content (AvgIpc) is 2.78. The maximum absolute atomic E-state index is 6.26. The molecule has 0 aromatic heterocycles.